The first-order valence-electron chi connectivity index (χ1n) is 6.51. The molecular formula is C15H12BrFN2O2. The van der Waals surface area contributed by atoms with Crippen molar-refractivity contribution in [1.82, 2.24) is 10.3 Å². The molecule has 2 aromatic rings. The van der Waals surface area contributed by atoms with E-state index in [4.69, 9.17) is 0 Å². The van der Waals surface area contributed by atoms with Gasteiger partial charge < -0.3 is 0 Å². The van der Waals surface area contributed by atoms with Crippen LogP contribution in [-0.4, -0.2) is 16.8 Å². The van der Waals surface area contributed by atoms with Gasteiger partial charge in [0.05, 0.1) is 5.52 Å². The highest BCUT2D eigenvalue weighted by Crippen LogP contribution is 2.37. The molecule has 2 heterocycles. The van der Waals surface area contributed by atoms with Crippen molar-refractivity contribution in [2.45, 2.75) is 25.4 Å². The zero-order valence-corrected chi connectivity index (χ0v) is 12.8. The molecule has 2 amide bonds. The fourth-order valence-corrected chi connectivity index (χ4v) is 2.93. The number of halogens is 2. The van der Waals surface area contributed by atoms with Crippen LogP contribution in [0, 0.1) is 6.92 Å². The summed E-state index contributed by atoms with van der Waals surface area (Å²) in [6, 6.07) is 7.12. The van der Waals surface area contributed by atoms with Crippen molar-refractivity contribution in [1.29, 1.82) is 0 Å². The number of hydrogen-bond acceptors (Lipinski definition) is 3. The average molecular weight is 351 g/mol. The van der Waals surface area contributed by atoms with E-state index in [1.165, 1.54) is 0 Å². The van der Waals surface area contributed by atoms with Gasteiger partial charge in [-0.05, 0) is 25.1 Å². The standard InChI is InChI=1S/C15H12BrFN2O2/c1-8-11(15(17)5-4-13(20)19-14(15)21)6-9-2-3-10(16)7-12(9)18-8/h2-3,6-7H,4-5H2,1H3,(H,19,20,21). The van der Waals surface area contributed by atoms with Gasteiger partial charge in [0, 0.05) is 34.0 Å². The second-order valence-corrected chi connectivity index (χ2v) is 6.05. The van der Waals surface area contributed by atoms with Gasteiger partial charge in [-0.25, -0.2) is 4.39 Å². The maximum Gasteiger partial charge on any atom is 0.269 e. The van der Waals surface area contributed by atoms with E-state index < -0.39 is 17.5 Å². The monoisotopic (exact) mass is 350 g/mol. The molecule has 0 aliphatic carbocycles. The van der Waals surface area contributed by atoms with Crippen LogP contribution in [0.15, 0.2) is 28.7 Å². The second kappa shape index (κ2) is 4.87. The van der Waals surface area contributed by atoms with Gasteiger partial charge in [-0.2, -0.15) is 0 Å². The minimum atomic E-state index is -2.20. The number of aryl methyl sites for hydroxylation is 1. The smallest absolute Gasteiger partial charge is 0.269 e. The fraction of sp³-hybridized carbons (Fsp3) is 0.267. The Morgan fingerprint density at radius 2 is 2.10 bits per heavy atom. The van der Waals surface area contributed by atoms with Crippen molar-refractivity contribution in [3.63, 3.8) is 0 Å². The van der Waals surface area contributed by atoms with Gasteiger partial charge in [0.2, 0.25) is 11.6 Å². The molecule has 4 nitrogen and oxygen atoms in total. The van der Waals surface area contributed by atoms with Crippen LogP contribution in [0.25, 0.3) is 10.9 Å². The van der Waals surface area contributed by atoms with Crippen LogP contribution < -0.4 is 5.32 Å². The van der Waals surface area contributed by atoms with Crippen molar-refractivity contribution >= 4 is 38.6 Å². The Bertz CT molecular complexity index is 778. The first kappa shape index (κ1) is 14.1. The number of carbonyl (C=O) groups excluding carboxylic acids is 2. The maximum atomic E-state index is 15.1. The Kier molecular flexibility index (Phi) is 3.28. The molecule has 1 saturated heterocycles. The van der Waals surface area contributed by atoms with Crippen LogP contribution in [-0.2, 0) is 15.3 Å². The van der Waals surface area contributed by atoms with E-state index in [1.54, 1.807) is 13.0 Å². The zero-order chi connectivity index (χ0) is 15.2. The SMILES string of the molecule is Cc1nc2cc(Br)ccc2cc1C1(F)CCC(=O)NC1=O. The molecule has 1 unspecified atom stereocenters. The summed E-state index contributed by atoms with van der Waals surface area (Å²) >= 11 is 3.36. The first-order chi connectivity index (χ1) is 9.90. The summed E-state index contributed by atoms with van der Waals surface area (Å²) in [6.45, 7) is 1.67. The molecule has 1 aliphatic heterocycles. The summed E-state index contributed by atoms with van der Waals surface area (Å²) in [7, 11) is 0. The van der Waals surface area contributed by atoms with Gasteiger partial charge in [0.15, 0.2) is 0 Å². The van der Waals surface area contributed by atoms with E-state index >= 15 is 4.39 Å². The van der Waals surface area contributed by atoms with Gasteiger partial charge in [-0.15, -0.1) is 0 Å². The molecule has 1 atom stereocenters. The molecule has 1 aliphatic rings. The molecular weight excluding hydrogens is 339 g/mol. The van der Waals surface area contributed by atoms with Gasteiger partial charge in [0.1, 0.15) is 0 Å². The van der Waals surface area contributed by atoms with E-state index in [9.17, 15) is 9.59 Å². The molecule has 0 bridgehead atoms. The highest BCUT2D eigenvalue weighted by molar-refractivity contribution is 9.10. The van der Waals surface area contributed by atoms with Gasteiger partial charge in [-0.1, -0.05) is 22.0 Å². The van der Waals surface area contributed by atoms with Crippen LogP contribution in [0.5, 0.6) is 0 Å². The third kappa shape index (κ3) is 2.33. The van der Waals surface area contributed by atoms with Crippen molar-refractivity contribution < 1.29 is 14.0 Å². The second-order valence-electron chi connectivity index (χ2n) is 5.14. The third-order valence-electron chi connectivity index (χ3n) is 3.71. The maximum absolute atomic E-state index is 15.1. The van der Waals surface area contributed by atoms with Crippen molar-refractivity contribution in [3.05, 3.63) is 40.0 Å². The van der Waals surface area contributed by atoms with Gasteiger partial charge in [-0.3, -0.25) is 19.9 Å². The first-order valence-corrected chi connectivity index (χ1v) is 7.30. The summed E-state index contributed by atoms with van der Waals surface area (Å²) in [6.07, 6.45) is -0.164. The van der Waals surface area contributed by atoms with Crippen LogP contribution in [0.3, 0.4) is 0 Å². The highest BCUT2D eigenvalue weighted by atomic mass is 79.9. The summed E-state index contributed by atoms with van der Waals surface area (Å²) in [5.74, 6) is -1.34. The number of aromatic nitrogens is 1. The Balaban J connectivity index is 2.15. The van der Waals surface area contributed by atoms with Crippen LogP contribution in [0.2, 0.25) is 0 Å². The Morgan fingerprint density at radius 1 is 1.33 bits per heavy atom. The molecule has 1 aromatic heterocycles. The largest absolute Gasteiger partial charge is 0.293 e. The molecule has 0 radical (unpaired) electrons. The number of hydrogen-bond donors (Lipinski definition) is 1. The molecule has 1 N–H and O–H groups in total. The summed E-state index contributed by atoms with van der Waals surface area (Å²) in [5.41, 5.74) is -0.803. The highest BCUT2D eigenvalue weighted by Gasteiger charge is 2.46. The van der Waals surface area contributed by atoms with E-state index in [0.717, 1.165) is 15.4 Å². The van der Waals surface area contributed by atoms with Crippen LogP contribution in [0.4, 0.5) is 4.39 Å². The number of pyridine rings is 1. The Morgan fingerprint density at radius 3 is 2.81 bits per heavy atom. The number of amides is 2. The number of fused-ring (bicyclic) bond motifs is 1. The molecule has 0 spiro atoms. The minimum Gasteiger partial charge on any atom is -0.293 e. The fourth-order valence-electron chi connectivity index (χ4n) is 2.58. The Labute approximate surface area is 128 Å². The van der Waals surface area contributed by atoms with Crippen LogP contribution in [0.1, 0.15) is 24.1 Å². The van der Waals surface area contributed by atoms with Crippen molar-refractivity contribution in [2.75, 3.05) is 0 Å². The average Bonchev–Trinajstić information content (AvgIpc) is 2.42. The molecule has 6 heteroatoms. The minimum absolute atomic E-state index is 0.0138. The van der Waals surface area contributed by atoms with E-state index in [0.29, 0.717) is 5.69 Å². The predicted molar refractivity (Wildman–Crippen MR) is 79.3 cm³/mol. The zero-order valence-electron chi connectivity index (χ0n) is 11.2. The topological polar surface area (TPSA) is 59.1 Å². The predicted octanol–water partition coefficient (Wildman–Crippen LogP) is 2.91. The molecule has 3 rings (SSSR count). The van der Waals surface area contributed by atoms with Gasteiger partial charge in [0.25, 0.3) is 5.91 Å². The number of nitrogens with zero attached hydrogens (tertiary/aromatic N) is 1. The molecule has 0 saturated carbocycles. The molecule has 21 heavy (non-hydrogen) atoms. The molecule has 108 valence electrons. The number of alkyl halides is 1. The van der Waals surface area contributed by atoms with Gasteiger partial charge >= 0.3 is 0 Å². The number of imide groups is 1. The van der Waals surface area contributed by atoms with E-state index in [-0.39, 0.29) is 18.4 Å². The lowest BCUT2D eigenvalue weighted by Gasteiger charge is -2.29. The quantitative estimate of drug-likeness (QED) is 0.804. The number of benzene rings is 1. The normalized spacial score (nSPS) is 22.4. The number of rotatable bonds is 1. The summed E-state index contributed by atoms with van der Waals surface area (Å²) < 4.78 is 16.0. The lowest BCUT2D eigenvalue weighted by atomic mass is 9.86. The van der Waals surface area contributed by atoms with E-state index in [2.05, 4.69) is 26.2 Å². The molecule has 1 fully saturated rings. The lowest BCUT2D eigenvalue weighted by molar-refractivity contribution is -0.144. The van der Waals surface area contributed by atoms with Crippen molar-refractivity contribution in [2.24, 2.45) is 0 Å². The Hall–Kier alpha value is -1.82. The molecule has 1 aromatic carbocycles. The van der Waals surface area contributed by atoms with Crippen molar-refractivity contribution in [3.8, 4) is 0 Å². The number of carbonyl (C=O) groups is 2. The van der Waals surface area contributed by atoms with Crippen LogP contribution >= 0.6 is 15.9 Å². The summed E-state index contributed by atoms with van der Waals surface area (Å²) in [5, 5.41) is 2.82. The third-order valence-corrected chi connectivity index (χ3v) is 4.20. The lowest BCUT2D eigenvalue weighted by Crippen LogP contribution is -2.49. The summed E-state index contributed by atoms with van der Waals surface area (Å²) in [4.78, 5) is 27.5. The number of nitrogens with one attached hydrogen (secondary N) is 1. The number of piperidine rings is 1. The van der Waals surface area contributed by atoms with E-state index in [1.807, 2.05) is 18.2 Å².